The van der Waals surface area contributed by atoms with Crippen molar-refractivity contribution in [3.8, 4) is 11.1 Å². The molecule has 2 aromatic rings. The number of hydrogen-bond donors (Lipinski definition) is 1. The smallest absolute Gasteiger partial charge is 0.172 e. The third-order valence-corrected chi connectivity index (χ3v) is 2.61. The lowest BCUT2D eigenvalue weighted by molar-refractivity contribution is 0.491. The minimum absolute atomic E-state index is 0.00491. The summed E-state index contributed by atoms with van der Waals surface area (Å²) in [6.45, 7) is 0. The van der Waals surface area contributed by atoms with Crippen LogP contribution in [0.3, 0.4) is 0 Å². The Balaban J connectivity index is 2.82. The molecule has 0 aliphatic heterocycles. The molecule has 64 valence electrons. The highest BCUT2D eigenvalue weighted by molar-refractivity contribution is 7.20. The average Bonchev–Trinajstić information content (AvgIpc) is 2.42. The van der Waals surface area contributed by atoms with Gasteiger partial charge in [-0.3, -0.25) is 0 Å². The first-order chi connectivity index (χ1) is 6.20. The summed E-state index contributed by atoms with van der Waals surface area (Å²) in [5, 5.41) is 18.5. The van der Waals surface area contributed by atoms with E-state index in [0.717, 1.165) is 11.3 Å². The van der Waals surface area contributed by atoms with Crippen LogP contribution in [-0.4, -0.2) is 5.11 Å². The molecule has 0 atom stereocenters. The SMILES string of the molecule is N#Cc1cc2cc(O)sc2cc1F. The molecular weight excluding hydrogens is 189 g/mol. The molecule has 0 aliphatic rings. The van der Waals surface area contributed by atoms with Gasteiger partial charge in [0.15, 0.2) is 5.06 Å². The Hall–Kier alpha value is -1.60. The topological polar surface area (TPSA) is 44.0 Å². The maximum Gasteiger partial charge on any atom is 0.172 e. The highest BCUT2D eigenvalue weighted by atomic mass is 32.1. The van der Waals surface area contributed by atoms with Gasteiger partial charge in [-0.05, 0) is 23.6 Å². The molecule has 0 aliphatic carbocycles. The predicted octanol–water partition coefficient (Wildman–Crippen LogP) is 2.62. The van der Waals surface area contributed by atoms with Gasteiger partial charge in [0.05, 0.1) is 5.56 Å². The molecule has 1 aromatic carbocycles. The Morgan fingerprint density at radius 1 is 1.38 bits per heavy atom. The molecule has 0 saturated carbocycles. The van der Waals surface area contributed by atoms with Gasteiger partial charge in [0.1, 0.15) is 11.9 Å². The molecule has 2 rings (SSSR count). The predicted molar refractivity (Wildman–Crippen MR) is 48.2 cm³/mol. The van der Waals surface area contributed by atoms with Crippen LogP contribution in [0.25, 0.3) is 10.1 Å². The number of aromatic hydroxyl groups is 1. The molecule has 0 radical (unpaired) electrons. The summed E-state index contributed by atoms with van der Waals surface area (Å²) >= 11 is 1.09. The fourth-order valence-electron chi connectivity index (χ4n) is 1.13. The molecule has 0 bridgehead atoms. The van der Waals surface area contributed by atoms with Crippen molar-refractivity contribution in [1.82, 2.24) is 0 Å². The maximum atomic E-state index is 13.0. The van der Waals surface area contributed by atoms with E-state index in [-0.39, 0.29) is 10.6 Å². The number of nitriles is 1. The molecule has 2 nitrogen and oxygen atoms in total. The molecule has 13 heavy (non-hydrogen) atoms. The minimum Gasteiger partial charge on any atom is -0.499 e. The van der Waals surface area contributed by atoms with Crippen LogP contribution in [0.1, 0.15) is 5.56 Å². The van der Waals surface area contributed by atoms with Crippen molar-refractivity contribution >= 4 is 21.4 Å². The Bertz CT molecular complexity index is 512. The second-order valence-electron chi connectivity index (χ2n) is 2.57. The Labute approximate surface area is 77.5 Å². The fourth-order valence-corrected chi connectivity index (χ4v) is 1.94. The lowest BCUT2D eigenvalue weighted by Crippen LogP contribution is -1.80. The molecule has 0 unspecified atom stereocenters. The van der Waals surface area contributed by atoms with E-state index in [0.29, 0.717) is 10.1 Å². The Morgan fingerprint density at radius 3 is 2.85 bits per heavy atom. The van der Waals surface area contributed by atoms with E-state index in [9.17, 15) is 4.39 Å². The van der Waals surface area contributed by atoms with Crippen LogP contribution in [0.15, 0.2) is 18.2 Å². The van der Waals surface area contributed by atoms with E-state index in [1.165, 1.54) is 18.2 Å². The van der Waals surface area contributed by atoms with Gasteiger partial charge < -0.3 is 5.11 Å². The Kier molecular flexibility index (Phi) is 1.67. The van der Waals surface area contributed by atoms with Crippen LogP contribution in [0.2, 0.25) is 0 Å². The van der Waals surface area contributed by atoms with Crippen LogP contribution in [0.4, 0.5) is 4.39 Å². The first-order valence-electron chi connectivity index (χ1n) is 3.53. The van der Waals surface area contributed by atoms with Gasteiger partial charge in [-0.15, -0.1) is 0 Å². The fraction of sp³-hybridized carbons (Fsp3) is 0. The molecule has 1 heterocycles. The largest absolute Gasteiger partial charge is 0.499 e. The van der Waals surface area contributed by atoms with E-state index in [1.807, 2.05) is 0 Å². The zero-order valence-corrected chi connectivity index (χ0v) is 7.23. The van der Waals surface area contributed by atoms with Crippen LogP contribution in [0.5, 0.6) is 5.06 Å². The molecule has 1 N–H and O–H groups in total. The summed E-state index contributed by atoms with van der Waals surface area (Å²) in [5.74, 6) is -0.545. The molecule has 0 amide bonds. The van der Waals surface area contributed by atoms with Crippen LogP contribution < -0.4 is 0 Å². The van der Waals surface area contributed by atoms with Crippen molar-refractivity contribution in [2.75, 3.05) is 0 Å². The van der Waals surface area contributed by atoms with E-state index in [1.54, 1.807) is 6.07 Å². The number of halogens is 1. The van der Waals surface area contributed by atoms with Gasteiger partial charge in [-0.2, -0.15) is 5.26 Å². The molecule has 4 heteroatoms. The molecule has 0 spiro atoms. The van der Waals surface area contributed by atoms with Crippen LogP contribution in [-0.2, 0) is 0 Å². The number of nitrogens with zero attached hydrogens (tertiary/aromatic N) is 1. The van der Waals surface area contributed by atoms with Gasteiger partial charge in [-0.1, -0.05) is 11.3 Å². The van der Waals surface area contributed by atoms with E-state index in [2.05, 4.69) is 0 Å². The van der Waals surface area contributed by atoms with Crippen molar-refractivity contribution in [2.45, 2.75) is 0 Å². The van der Waals surface area contributed by atoms with Crippen molar-refractivity contribution in [2.24, 2.45) is 0 Å². The van der Waals surface area contributed by atoms with Crippen molar-refractivity contribution in [3.05, 3.63) is 29.6 Å². The van der Waals surface area contributed by atoms with Crippen LogP contribution in [0, 0.1) is 17.1 Å². The first kappa shape index (κ1) is 8.02. The molecule has 0 fully saturated rings. The third-order valence-electron chi connectivity index (χ3n) is 1.71. The Morgan fingerprint density at radius 2 is 2.15 bits per heavy atom. The quantitative estimate of drug-likeness (QED) is 0.698. The number of rotatable bonds is 0. The van der Waals surface area contributed by atoms with Gasteiger partial charge in [0.25, 0.3) is 0 Å². The van der Waals surface area contributed by atoms with E-state index < -0.39 is 5.82 Å². The zero-order chi connectivity index (χ0) is 9.42. The molecular formula is C9H4FNOS. The lowest BCUT2D eigenvalue weighted by atomic mass is 10.2. The minimum atomic E-state index is -0.545. The first-order valence-corrected chi connectivity index (χ1v) is 4.34. The van der Waals surface area contributed by atoms with Gasteiger partial charge in [0, 0.05) is 4.70 Å². The summed E-state index contributed by atoms with van der Waals surface area (Å²) < 4.78 is 13.7. The van der Waals surface area contributed by atoms with Crippen molar-refractivity contribution in [3.63, 3.8) is 0 Å². The van der Waals surface area contributed by atoms with Crippen molar-refractivity contribution in [1.29, 1.82) is 5.26 Å². The third kappa shape index (κ3) is 1.23. The molecule has 0 saturated heterocycles. The zero-order valence-electron chi connectivity index (χ0n) is 6.41. The van der Waals surface area contributed by atoms with E-state index in [4.69, 9.17) is 10.4 Å². The van der Waals surface area contributed by atoms with Crippen molar-refractivity contribution < 1.29 is 9.50 Å². The van der Waals surface area contributed by atoms with E-state index >= 15 is 0 Å². The molecule has 1 aromatic heterocycles. The maximum absolute atomic E-state index is 13.0. The summed E-state index contributed by atoms with van der Waals surface area (Å²) in [6, 6.07) is 5.95. The lowest BCUT2D eigenvalue weighted by Gasteiger charge is -1.92. The normalized spacial score (nSPS) is 10.2. The number of benzene rings is 1. The highest BCUT2D eigenvalue weighted by Crippen LogP contribution is 2.31. The standard InChI is InChI=1S/C9H4FNOS/c10-7-3-8-5(1-6(7)4-11)2-9(12)13-8/h1-3,12H. The van der Waals surface area contributed by atoms with Gasteiger partial charge in [0.2, 0.25) is 0 Å². The number of fused-ring (bicyclic) bond motifs is 1. The summed E-state index contributed by atoms with van der Waals surface area (Å²) in [7, 11) is 0. The summed E-state index contributed by atoms with van der Waals surface area (Å²) in [4.78, 5) is 0. The average molecular weight is 193 g/mol. The highest BCUT2D eigenvalue weighted by Gasteiger charge is 2.06. The second-order valence-corrected chi connectivity index (χ2v) is 3.63. The van der Waals surface area contributed by atoms with Gasteiger partial charge >= 0.3 is 0 Å². The van der Waals surface area contributed by atoms with Gasteiger partial charge in [-0.25, -0.2) is 4.39 Å². The monoisotopic (exact) mass is 193 g/mol. The second kappa shape index (κ2) is 2.71. The summed E-state index contributed by atoms with van der Waals surface area (Å²) in [5.41, 5.74) is 0.00491. The summed E-state index contributed by atoms with van der Waals surface area (Å²) in [6.07, 6.45) is 0. The number of thiophene rings is 1. The number of hydrogen-bond acceptors (Lipinski definition) is 3. The van der Waals surface area contributed by atoms with Crippen LogP contribution >= 0.6 is 11.3 Å².